The van der Waals surface area contributed by atoms with Gasteiger partial charge in [-0.25, -0.2) is 0 Å². The Hall–Kier alpha value is -3.10. The Morgan fingerprint density at radius 2 is 1.71 bits per heavy atom. The monoisotopic (exact) mass is 425 g/mol. The van der Waals surface area contributed by atoms with Gasteiger partial charge in [-0.15, -0.1) is 0 Å². The number of aryl methyl sites for hydroxylation is 1. The molecule has 1 heterocycles. The SMILES string of the molecule is COc1ccc(CCC(=O)N2CCCN(CC(=O)N(CCC#N)CCC#N)CC2)cc1. The summed E-state index contributed by atoms with van der Waals surface area (Å²) < 4.78 is 5.16. The van der Waals surface area contributed by atoms with Crippen LogP contribution in [-0.2, 0) is 16.0 Å². The second-order valence-corrected chi connectivity index (χ2v) is 7.56. The molecule has 1 fully saturated rings. The molecule has 0 bridgehead atoms. The zero-order valence-corrected chi connectivity index (χ0v) is 18.3. The molecule has 2 amide bonds. The minimum absolute atomic E-state index is 0.0650. The van der Waals surface area contributed by atoms with Gasteiger partial charge in [0.05, 0.1) is 38.6 Å². The summed E-state index contributed by atoms with van der Waals surface area (Å²) in [5.41, 5.74) is 1.10. The number of methoxy groups -OCH3 is 1. The van der Waals surface area contributed by atoms with Crippen LogP contribution in [0.5, 0.6) is 5.75 Å². The first-order chi connectivity index (χ1) is 15.1. The van der Waals surface area contributed by atoms with Crippen LogP contribution in [0.3, 0.4) is 0 Å². The molecule has 2 rings (SSSR count). The van der Waals surface area contributed by atoms with Crippen LogP contribution in [0, 0.1) is 22.7 Å². The summed E-state index contributed by atoms with van der Waals surface area (Å²) in [6.45, 7) is 3.64. The number of amides is 2. The predicted octanol–water partition coefficient (Wildman–Crippen LogP) is 1.82. The van der Waals surface area contributed by atoms with Crippen molar-refractivity contribution in [1.82, 2.24) is 14.7 Å². The topological polar surface area (TPSA) is 101 Å². The van der Waals surface area contributed by atoms with E-state index < -0.39 is 0 Å². The Labute approximate surface area is 184 Å². The lowest BCUT2D eigenvalue weighted by molar-refractivity contribution is -0.132. The quantitative estimate of drug-likeness (QED) is 0.567. The summed E-state index contributed by atoms with van der Waals surface area (Å²) in [5.74, 6) is 0.870. The summed E-state index contributed by atoms with van der Waals surface area (Å²) in [6, 6.07) is 11.9. The van der Waals surface area contributed by atoms with E-state index in [1.54, 1.807) is 12.0 Å². The van der Waals surface area contributed by atoms with Crippen LogP contribution >= 0.6 is 0 Å². The van der Waals surface area contributed by atoms with E-state index in [4.69, 9.17) is 15.3 Å². The number of nitrogens with zero attached hydrogens (tertiary/aromatic N) is 5. The molecule has 0 atom stereocenters. The first kappa shape index (κ1) is 24.2. The van der Waals surface area contributed by atoms with Crippen molar-refractivity contribution in [3.8, 4) is 17.9 Å². The average Bonchev–Trinajstić information content (AvgIpc) is 3.03. The van der Waals surface area contributed by atoms with Crippen LogP contribution in [0.4, 0.5) is 0 Å². The third kappa shape index (κ3) is 8.27. The van der Waals surface area contributed by atoms with Crippen LogP contribution < -0.4 is 4.74 Å². The van der Waals surface area contributed by atoms with Crippen molar-refractivity contribution >= 4 is 11.8 Å². The van der Waals surface area contributed by atoms with Crippen molar-refractivity contribution in [3.63, 3.8) is 0 Å². The number of carbonyl (C=O) groups is 2. The van der Waals surface area contributed by atoms with Crippen LogP contribution in [0.1, 0.15) is 31.2 Å². The van der Waals surface area contributed by atoms with Crippen molar-refractivity contribution < 1.29 is 14.3 Å². The molecule has 0 radical (unpaired) electrons. The van der Waals surface area contributed by atoms with Gasteiger partial charge in [-0.05, 0) is 30.5 Å². The number of ether oxygens (including phenoxy) is 1. The number of benzene rings is 1. The molecule has 31 heavy (non-hydrogen) atoms. The van der Waals surface area contributed by atoms with Gasteiger partial charge in [0.2, 0.25) is 11.8 Å². The standard InChI is InChI=1S/C23H31N5O3/c1-31-21-8-5-20(6-9-21)7-10-22(29)28-16-4-13-26(17-18-28)19-23(30)27(14-2-11-24)15-3-12-25/h5-6,8-9H,2-4,7,10,13-19H2,1H3. The highest BCUT2D eigenvalue weighted by Gasteiger charge is 2.22. The lowest BCUT2D eigenvalue weighted by Gasteiger charge is -2.26. The van der Waals surface area contributed by atoms with Crippen LogP contribution in [0.15, 0.2) is 24.3 Å². The number of carbonyl (C=O) groups excluding carboxylic acids is 2. The summed E-state index contributed by atoms with van der Waals surface area (Å²) in [5, 5.41) is 17.6. The van der Waals surface area contributed by atoms with Crippen LogP contribution in [0.2, 0.25) is 0 Å². The number of nitriles is 2. The van der Waals surface area contributed by atoms with E-state index in [0.29, 0.717) is 45.6 Å². The second-order valence-electron chi connectivity index (χ2n) is 7.56. The minimum Gasteiger partial charge on any atom is -0.497 e. The highest BCUT2D eigenvalue weighted by molar-refractivity contribution is 5.78. The maximum absolute atomic E-state index is 12.7. The van der Waals surface area contributed by atoms with E-state index >= 15 is 0 Å². The van der Waals surface area contributed by atoms with Gasteiger partial charge in [0.15, 0.2) is 0 Å². The van der Waals surface area contributed by atoms with Gasteiger partial charge in [-0.1, -0.05) is 12.1 Å². The Balaban J connectivity index is 1.80. The maximum Gasteiger partial charge on any atom is 0.236 e. The first-order valence-corrected chi connectivity index (χ1v) is 10.7. The molecule has 0 aromatic heterocycles. The van der Waals surface area contributed by atoms with E-state index in [1.165, 1.54) is 0 Å². The summed E-state index contributed by atoms with van der Waals surface area (Å²) >= 11 is 0. The number of rotatable bonds is 10. The Bertz CT molecular complexity index is 779. The molecule has 1 aliphatic rings. The molecule has 1 aliphatic heterocycles. The normalized spacial score (nSPS) is 14.2. The smallest absolute Gasteiger partial charge is 0.236 e. The fourth-order valence-electron chi connectivity index (χ4n) is 3.60. The van der Waals surface area contributed by atoms with Gasteiger partial charge in [0, 0.05) is 45.7 Å². The number of hydrogen-bond acceptors (Lipinski definition) is 6. The highest BCUT2D eigenvalue weighted by Crippen LogP contribution is 2.14. The highest BCUT2D eigenvalue weighted by atomic mass is 16.5. The van der Waals surface area contributed by atoms with Crippen molar-refractivity contribution in [2.45, 2.75) is 32.1 Å². The molecule has 0 unspecified atom stereocenters. The Morgan fingerprint density at radius 1 is 1.03 bits per heavy atom. The van der Waals surface area contributed by atoms with Crippen molar-refractivity contribution in [2.24, 2.45) is 0 Å². The van der Waals surface area contributed by atoms with Gasteiger partial charge in [-0.2, -0.15) is 10.5 Å². The van der Waals surface area contributed by atoms with E-state index in [2.05, 4.69) is 4.90 Å². The van der Waals surface area contributed by atoms with E-state index in [9.17, 15) is 9.59 Å². The third-order valence-electron chi connectivity index (χ3n) is 5.43. The minimum atomic E-state index is -0.0650. The summed E-state index contributed by atoms with van der Waals surface area (Å²) in [7, 11) is 1.63. The van der Waals surface area contributed by atoms with Gasteiger partial charge >= 0.3 is 0 Å². The largest absolute Gasteiger partial charge is 0.497 e. The van der Waals surface area contributed by atoms with Crippen molar-refractivity contribution in [2.75, 3.05) is 52.9 Å². The number of hydrogen-bond donors (Lipinski definition) is 0. The van der Waals surface area contributed by atoms with Crippen LogP contribution in [0.25, 0.3) is 0 Å². The Kier molecular flexibility index (Phi) is 10.3. The molecule has 0 spiro atoms. The van der Waals surface area contributed by atoms with E-state index in [-0.39, 0.29) is 31.2 Å². The molecule has 1 aromatic rings. The van der Waals surface area contributed by atoms with Crippen molar-refractivity contribution in [1.29, 1.82) is 10.5 Å². The first-order valence-electron chi connectivity index (χ1n) is 10.7. The molecule has 1 aromatic carbocycles. The molecule has 1 saturated heterocycles. The molecule has 8 heteroatoms. The van der Waals surface area contributed by atoms with Crippen LogP contribution in [-0.4, -0.2) is 79.4 Å². The van der Waals surface area contributed by atoms with Crippen molar-refractivity contribution in [3.05, 3.63) is 29.8 Å². The Morgan fingerprint density at radius 3 is 2.32 bits per heavy atom. The molecular formula is C23H31N5O3. The van der Waals surface area contributed by atoms with Gasteiger partial charge in [0.25, 0.3) is 0 Å². The van der Waals surface area contributed by atoms with Gasteiger partial charge < -0.3 is 14.5 Å². The molecule has 0 N–H and O–H groups in total. The molecule has 0 saturated carbocycles. The van der Waals surface area contributed by atoms with E-state index in [0.717, 1.165) is 24.3 Å². The molecule has 8 nitrogen and oxygen atoms in total. The molecular weight excluding hydrogens is 394 g/mol. The zero-order valence-electron chi connectivity index (χ0n) is 18.3. The summed E-state index contributed by atoms with van der Waals surface area (Å²) in [4.78, 5) is 30.8. The van der Waals surface area contributed by atoms with Gasteiger partial charge in [0.1, 0.15) is 5.75 Å². The predicted molar refractivity (Wildman–Crippen MR) is 116 cm³/mol. The molecule has 0 aliphatic carbocycles. The summed E-state index contributed by atoms with van der Waals surface area (Å²) in [6.07, 6.45) is 2.48. The third-order valence-corrected chi connectivity index (χ3v) is 5.43. The lowest BCUT2D eigenvalue weighted by atomic mass is 10.1. The maximum atomic E-state index is 12.7. The lowest BCUT2D eigenvalue weighted by Crippen LogP contribution is -2.42. The fraction of sp³-hybridized carbons (Fsp3) is 0.565. The fourth-order valence-corrected chi connectivity index (χ4v) is 3.60. The van der Waals surface area contributed by atoms with E-state index in [1.807, 2.05) is 41.3 Å². The zero-order chi connectivity index (χ0) is 22.5. The van der Waals surface area contributed by atoms with Gasteiger partial charge in [-0.3, -0.25) is 14.5 Å². The molecule has 166 valence electrons. The average molecular weight is 426 g/mol. The second kappa shape index (κ2) is 13.3.